The zero-order valence-electron chi connectivity index (χ0n) is 15.2. The molecule has 1 aromatic carbocycles. The SMILES string of the molecule is CCOC(=O)N1CCC(NC(=O)CN(CC)Cc2ccccc2)CC1. The van der Waals surface area contributed by atoms with Crippen LogP contribution in [0.3, 0.4) is 0 Å². The van der Waals surface area contributed by atoms with Crippen LogP contribution in [-0.2, 0) is 16.1 Å². The first-order valence-corrected chi connectivity index (χ1v) is 9.09. The van der Waals surface area contributed by atoms with E-state index < -0.39 is 0 Å². The van der Waals surface area contributed by atoms with Crippen molar-refractivity contribution in [1.82, 2.24) is 15.1 Å². The molecule has 1 aromatic rings. The predicted molar refractivity (Wildman–Crippen MR) is 97.2 cm³/mol. The number of benzene rings is 1. The standard InChI is InChI=1S/C19H29N3O3/c1-3-21(14-16-8-6-5-7-9-16)15-18(23)20-17-10-12-22(13-11-17)19(24)25-4-2/h5-9,17H,3-4,10-15H2,1-2H3,(H,20,23). The van der Waals surface area contributed by atoms with Crippen molar-refractivity contribution in [3.8, 4) is 0 Å². The lowest BCUT2D eigenvalue weighted by Crippen LogP contribution is -2.48. The number of ether oxygens (including phenoxy) is 1. The first kappa shape index (κ1) is 19.2. The summed E-state index contributed by atoms with van der Waals surface area (Å²) in [6, 6.07) is 10.3. The molecule has 0 aromatic heterocycles. The molecular formula is C19H29N3O3. The highest BCUT2D eigenvalue weighted by Gasteiger charge is 2.24. The lowest BCUT2D eigenvalue weighted by molar-refractivity contribution is -0.123. The molecule has 0 atom stereocenters. The summed E-state index contributed by atoms with van der Waals surface area (Å²) in [6.45, 7) is 7.51. The van der Waals surface area contributed by atoms with E-state index >= 15 is 0 Å². The number of nitrogens with one attached hydrogen (secondary N) is 1. The van der Waals surface area contributed by atoms with Crippen LogP contribution in [0.4, 0.5) is 4.79 Å². The number of nitrogens with zero attached hydrogens (tertiary/aromatic N) is 2. The van der Waals surface area contributed by atoms with E-state index in [0.717, 1.165) is 25.9 Å². The Morgan fingerprint density at radius 2 is 1.88 bits per heavy atom. The summed E-state index contributed by atoms with van der Waals surface area (Å²) >= 11 is 0. The maximum Gasteiger partial charge on any atom is 0.409 e. The molecule has 1 aliphatic heterocycles. The number of carbonyl (C=O) groups is 2. The number of hydrogen-bond acceptors (Lipinski definition) is 4. The Morgan fingerprint density at radius 1 is 1.20 bits per heavy atom. The van der Waals surface area contributed by atoms with Gasteiger partial charge in [-0.1, -0.05) is 37.3 Å². The van der Waals surface area contributed by atoms with Gasteiger partial charge >= 0.3 is 6.09 Å². The molecule has 0 radical (unpaired) electrons. The Morgan fingerprint density at radius 3 is 2.48 bits per heavy atom. The molecule has 0 bridgehead atoms. The van der Waals surface area contributed by atoms with Crippen molar-refractivity contribution in [2.75, 3.05) is 32.8 Å². The maximum absolute atomic E-state index is 12.3. The molecule has 138 valence electrons. The number of likely N-dealkylation sites (tertiary alicyclic amines) is 1. The second-order valence-corrected chi connectivity index (χ2v) is 6.32. The van der Waals surface area contributed by atoms with Crippen LogP contribution >= 0.6 is 0 Å². The Hall–Kier alpha value is -2.08. The Kier molecular flexibility index (Phi) is 7.73. The average molecular weight is 347 g/mol. The van der Waals surface area contributed by atoms with E-state index in [1.807, 2.05) is 18.2 Å². The summed E-state index contributed by atoms with van der Waals surface area (Å²) in [5.41, 5.74) is 1.21. The van der Waals surface area contributed by atoms with Crippen LogP contribution in [0, 0.1) is 0 Å². The Labute approximate surface area is 150 Å². The zero-order chi connectivity index (χ0) is 18.1. The Balaban J connectivity index is 1.73. The van der Waals surface area contributed by atoms with E-state index in [2.05, 4.69) is 29.3 Å². The fraction of sp³-hybridized carbons (Fsp3) is 0.579. The highest BCUT2D eigenvalue weighted by Crippen LogP contribution is 2.12. The Bertz CT molecular complexity index is 542. The van der Waals surface area contributed by atoms with Crippen LogP contribution < -0.4 is 5.32 Å². The second kappa shape index (κ2) is 10.0. The second-order valence-electron chi connectivity index (χ2n) is 6.32. The molecule has 1 aliphatic rings. The van der Waals surface area contributed by atoms with Gasteiger partial charge in [-0.2, -0.15) is 0 Å². The third kappa shape index (κ3) is 6.38. The lowest BCUT2D eigenvalue weighted by Gasteiger charge is -2.32. The number of amides is 2. The number of likely N-dealkylation sites (N-methyl/N-ethyl adjacent to an activating group) is 1. The molecule has 1 saturated heterocycles. The molecule has 1 N–H and O–H groups in total. The third-order valence-corrected chi connectivity index (χ3v) is 4.45. The van der Waals surface area contributed by atoms with Crippen LogP contribution in [0.25, 0.3) is 0 Å². The van der Waals surface area contributed by atoms with Gasteiger partial charge < -0.3 is 15.0 Å². The van der Waals surface area contributed by atoms with E-state index in [1.165, 1.54) is 5.56 Å². The minimum atomic E-state index is -0.257. The number of carbonyl (C=O) groups excluding carboxylic acids is 2. The minimum absolute atomic E-state index is 0.0485. The highest BCUT2D eigenvalue weighted by atomic mass is 16.6. The minimum Gasteiger partial charge on any atom is -0.450 e. The maximum atomic E-state index is 12.3. The first-order valence-electron chi connectivity index (χ1n) is 9.09. The number of piperidine rings is 1. The van der Waals surface area contributed by atoms with Crippen LogP contribution in [0.15, 0.2) is 30.3 Å². The van der Waals surface area contributed by atoms with Crippen LogP contribution in [0.2, 0.25) is 0 Å². The summed E-state index contributed by atoms with van der Waals surface area (Å²) in [5, 5.41) is 3.10. The van der Waals surface area contributed by atoms with Crippen LogP contribution in [-0.4, -0.2) is 60.6 Å². The topological polar surface area (TPSA) is 61.9 Å². The van der Waals surface area contributed by atoms with Crippen molar-refractivity contribution in [3.05, 3.63) is 35.9 Å². The number of hydrogen-bond donors (Lipinski definition) is 1. The van der Waals surface area contributed by atoms with Gasteiger partial charge in [0.2, 0.25) is 5.91 Å². The van der Waals surface area contributed by atoms with Crippen molar-refractivity contribution in [2.45, 2.75) is 39.3 Å². The number of rotatable bonds is 7. The van der Waals surface area contributed by atoms with Gasteiger partial charge in [-0.05, 0) is 31.9 Å². The smallest absolute Gasteiger partial charge is 0.409 e. The van der Waals surface area contributed by atoms with E-state index in [4.69, 9.17) is 4.74 Å². The van der Waals surface area contributed by atoms with E-state index in [9.17, 15) is 9.59 Å². The molecule has 1 fully saturated rings. The molecule has 6 nitrogen and oxygen atoms in total. The molecule has 0 unspecified atom stereocenters. The van der Waals surface area contributed by atoms with Gasteiger partial charge in [-0.25, -0.2) is 4.79 Å². The van der Waals surface area contributed by atoms with Gasteiger partial charge in [-0.15, -0.1) is 0 Å². The molecule has 1 heterocycles. The van der Waals surface area contributed by atoms with Crippen molar-refractivity contribution in [3.63, 3.8) is 0 Å². The van der Waals surface area contributed by atoms with Crippen molar-refractivity contribution >= 4 is 12.0 Å². The normalized spacial score (nSPS) is 15.2. The van der Waals surface area contributed by atoms with Gasteiger partial charge in [0.15, 0.2) is 0 Å². The highest BCUT2D eigenvalue weighted by molar-refractivity contribution is 5.78. The van der Waals surface area contributed by atoms with E-state index in [-0.39, 0.29) is 18.0 Å². The van der Waals surface area contributed by atoms with Gasteiger partial charge in [0.1, 0.15) is 0 Å². The molecule has 2 rings (SSSR count). The predicted octanol–water partition coefficient (Wildman–Crippen LogP) is 2.25. The quantitative estimate of drug-likeness (QED) is 0.822. The average Bonchev–Trinajstić information content (AvgIpc) is 2.62. The fourth-order valence-corrected chi connectivity index (χ4v) is 3.02. The monoisotopic (exact) mass is 347 g/mol. The molecule has 0 aliphatic carbocycles. The van der Waals surface area contributed by atoms with Crippen molar-refractivity contribution in [1.29, 1.82) is 0 Å². The van der Waals surface area contributed by atoms with E-state index in [1.54, 1.807) is 11.8 Å². The van der Waals surface area contributed by atoms with Gasteiger partial charge in [0.05, 0.1) is 13.2 Å². The molecule has 6 heteroatoms. The fourth-order valence-electron chi connectivity index (χ4n) is 3.02. The first-order chi connectivity index (χ1) is 12.1. The summed E-state index contributed by atoms with van der Waals surface area (Å²) < 4.78 is 5.01. The van der Waals surface area contributed by atoms with Crippen LogP contribution in [0.5, 0.6) is 0 Å². The van der Waals surface area contributed by atoms with E-state index in [0.29, 0.717) is 26.2 Å². The summed E-state index contributed by atoms with van der Waals surface area (Å²) in [4.78, 5) is 27.9. The third-order valence-electron chi connectivity index (χ3n) is 4.45. The lowest BCUT2D eigenvalue weighted by atomic mass is 10.1. The molecule has 0 spiro atoms. The van der Waals surface area contributed by atoms with Crippen LogP contribution in [0.1, 0.15) is 32.3 Å². The van der Waals surface area contributed by atoms with Gasteiger partial charge in [0.25, 0.3) is 0 Å². The van der Waals surface area contributed by atoms with Gasteiger partial charge in [0, 0.05) is 25.7 Å². The molecule has 25 heavy (non-hydrogen) atoms. The molecule has 0 saturated carbocycles. The largest absolute Gasteiger partial charge is 0.450 e. The molecular weight excluding hydrogens is 318 g/mol. The summed E-state index contributed by atoms with van der Waals surface area (Å²) in [7, 11) is 0. The molecule has 2 amide bonds. The van der Waals surface area contributed by atoms with Gasteiger partial charge in [-0.3, -0.25) is 9.69 Å². The summed E-state index contributed by atoms with van der Waals surface area (Å²) in [5.74, 6) is 0.0485. The zero-order valence-corrected chi connectivity index (χ0v) is 15.2. The van der Waals surface area contributed by atoms with Crippen molar-refractivity contribution < 1.29 is 14.3 Å². The summed E-state index contributed by atoms with van der Waals surface area (Å²) in [6.07, 6.45) is 1.29. The van der Waals surface area contributed by atoms with Crippen molar-refractivity contribution in [2.24, 2.45) is 0 Å².